The molecule has 0 radical (unpaired) electrons. The number of nitrogens with zero attached hydrogens (tertiary/aromatic N) is 8. The number of rotatable bonds is 8. The molecule has 3 aromatic rings. The Hall–Kier alpha value is -4.60. The van der Waals surface area contributed by atoms with Gasteiger partial charge in [-0.05, 0) is 24.6 Å². The summed E-state index contributed by atoms with van der Waals surface area (Å²) in [4.78, 5) is 38.0. The zero-order valence-electron chi connectivity index (χ0n) is 24.9. The number of amides is 1. The lowest BCUT2D eigenvalue weighted by molar-refractivity contribution is -0.141. The number of likely N-dealkylation sites (tertiary alicyclic amines) is 1. The van der Waals surface area contributed by atoms with Crippen molar-refractivity contribution in [2.24, 2.45) is 5.41 Å². The van der Waals surface area contributed by atoms with E-state index in [1.807, 2.05) is 30.0 Å². The molecule has 0 unspecified atom stereocenters. The van der Waals surface area contributed by atoms with Crippen molar-refractivity contribution in [2.45, 2.75) is 38.1 Å². The molecule has 0 aliphatic carbocycles. The molecule has 2 saturated heterocycles. The largest absolute Gasteiger partial charge is 0.493 e. The van der Waals surface area contributed by atoms with E-state index in [2.05, 4.69) is 29.6 Å². The number of ether oxygens (including phenoxy) is 2. The van der Waals surface area contributed by atoms with Crippen LogP contribution in [0.4, 0.5) is 17.5 Å². The summed E-state index contributed by atoms with van der Waals surface area (Å²) in [5.41, 5.74) is 0.208. The Morgan fingerprint density at radius 3 is 2.27 bits per heavy atom. The van der Waals surface area contributed by atoms with Crippen molar-refractivity contribution < 1.29 is 29.6 Å². The summed E-state index contributed by atoms with van der Waals surface area (Å²) in [7, 11) is 1.57. The van der Waals surface area contributed by atoms with Gasteiger partial charge in [0.1, 0.15) is 6.10 Å². The number of carbonyl (C=O) groups is 1. The smallest absolute Gasteiger partial charge is 0.288 e. The predicted octanol–water partition coefficient (Wildman–Crippen LogP) is 2.65. The molecular formula is C30H33ClN8O6. The van der Waals surface area contributed by atoms with Gasteiger partial charge in [0.05, 0.1) is 45.3 Å². The molecule has 2 aliphatic rings. The molecule has 4 atom stereocenters. The first kappa shape index (κ1) is 33.3. The van der Waals surface area contributed by atoms with E-state index in [0.29, 0.717) is 42.1 Å². The minimum absolute atomic E-state index is 0.110. The molecule has 1 amide bonds. The maximum absolute atomic E-state index is 12.6. The molecule has 1 aromatic carbocycles. The highest BCUT2D eigenvalue weighted by atomic mass is 35.5. The number of aromatic nitrogens is 4. The summed E-state index contributed by atoms with van der Waals surface area (Å²) in [6.07, 6.45) is 3.36. The van der Waals surface area contributed by atoms with Crippen molar-refractivity contribution in [3.05, 3.63) is 76.5 Å². The first-order valence-corrected chi connectivity index (χ1v) is 14.3. The molecule has 2 aromatic heterocycles. The van der Waals surface area contributed by atoms with Crippen LogP contribution in [0.25, 0.3) is 9.69 Å². The van der Waals surface area contributed by atoms with Crippen LogP contribution >= 0.6 is 11.6 Å². The van der Waals surface area contributed by atoms with Crippen LogP contribution in [0.5, 0.6) is 11.5 Å². The second-order valence-corrected chi connectivity index (χ2v) is 11.2. The van der Waals surface area contributed by atoms with Gasteiger partial charge in [0, 0.05) is 24.4 Å². The van der Waals surface area contributed by atoms with Gasteiger partial charge in [0.25, 0.3) is 17.5 Å². The Labute approximate surface area is 265 Å². The van der Waals surface area contributed by atoms with Gasteiger partial charge in [-0.2, -0.15) is 0 Å². The Balaban J connectivity index is 0.000000440. The summed E-state index contributed by atoms with van der Waals surface area (Å²) >= 11 is 5.39. The average Bonchev–Trinajstić information content (AvgIpc) is 3.41. The van der Waals surface area contributed by atoms with E-state index in [9.17, 15) is 20.1 Å². The van der Waals surface area contributed by atoms with Crippen molar-refractivity contribution in [3.8, 4) is 11.5 Å². The van der Waals surface area contributed by atoms with Crippen LogP contribution in [-0.2, 0) is 4.79 Å². The third kappa shape index (κ3) is 7.56. The number of aliphatic hydroxyl groups excluding tert-OH is 3. The first-order valence-electron chi connectivity index (χ1n) is 13.9. The third-order valence-electron chi connectivity index (χ3n) is 7.97. The normalized spacial score (nSPS) is 20.5. The zero-order valence-corrected chi connectivity index (χ0v) is 25.7. The SMILES string of the molecule is [C-]#[N+]c1cnc(Cl)cn1.[C-]#[N+]c1cnc(N2CC(Oc3cc([C@@H]4CN(C(=O)[C@@H](O)CO)C[C@@]4(C)[C@@H](C)O)ccc3OC)C2)cn1. The van der Waals surface area contributed by atoms with Crippen molar-refractivity contribution >= 4 is 35.0 Å². The molecule has 14 nitrogen and oxygen atoms in total. The molecule has 0 spiro atoms. The number of aliphatic hydroxyl groups is 3. The van der Waals surface area contributed by atoms with Crippen molar-refractivity contribution in [1.82, 2.24) is 24.8 Å². The number of benzene rings is 1. The summed E-state index contributed by atoms with van der Waals surface area (Å²) in [5.74, 6) is 1.53. The topological polar surface area (TPSA) is 163 Å². The molecule has 5 rings (SSSR count). The van der Waals surface area contributed by atoms with Crippen LogP contribution in [0.2, 0.25) is 5.15 Å². The van der Waals surface area contributed by atoms with Crippen LogP contribution in [0.1, 0.15) is 25.3 Å². The maximum Gasteiger partial charge on any atom is 0.288 e. The lowest BCUT2D eigenvalue weighted by Crippen LogP contribution is -2.54. The highest BCUT2D eigenvalue weighted by molar-refractivity contribution is 6.29. The first-order chi connectivity index (χ1) is 21.5. The quantitative estimate of drug-likeness (QED) is 0.312. The zero-order chi connectivity index (χ0) is 32.7. The van der Waals surface area contributed by atoms with Crippen LogP contribution in [0.3, 0.4) is 0 Å². The van der Waals surface area contributed by atoms with Gasteiger partial charge in [-0.1, -0.05) is 37.7 Å². The van der Waals surface area contributed by atoms with Gasteiger partial charge in [-0.3, -0.25) is 9.78 Å². The Bertz CT molecular complexity index is 1560. The third-order valence-corrected chi connectivity index (χ3v) is 8.17. The number of anilines is 1. The minimum Gasteiger partial charge on any atom is -0.493 e. The highest BCUT2D eigenvalue weighted by Gasteiger charge is 2.49. The number of methoxy groups -OCH3 is 1. The van der Waals surface area contributed by atoms with Crippen LogP contribution in [0.15, 0.2) is 43.0 Å². The van der Waals surface area contributed by atoms with E-state index in [-0.39, 0.29) is 30.2 Å². The molecule has 0 saturated carbocycles. The monoisotopic (exact) mass is 636 g/mol. The molecule has 2 aliphatic heterocycles. The Morgan fingerprint density at radius 1 is 1.07 bits per heavy atom. The van der Waals surface area contributed by atoms with Gasteiger partial charge < -0.3 is 44.3 Å². The molecule has 3 N–H and O–H groups in total. The maximum atomic E-state index is 12.6. The van der Waals surface area contributed by atoms with E-state index < -0.39 is 30.1 Å². The number of halogens is 1. The van der Waals surface area contributed by atoms with Gasteiger partial charge in [-0.25, -0.2) is 4.98 Å². The molecule has 15 heteroatoms. The fourth-order valence-electron chi connectivity index (χ4n) is 5.16. The summed E-state index contributed by atoms with van der Waals surface area (Å²) in [5, 5.41) is 30.0. The predicted molar refractivity (Wildman–Crippen MR) is 163 cm³/mol. The molecule has 4 heterocycles. The van der Waals surface area contributed by atoms with Crippen molar-refractivity contribution in [3.63, 3.8) is 0 Å². The second-order valence-electron chi connectivity index (χ2n) is 10.9. The highest BCUT2D eigenvalue weighted by Crippen LogP contribution is 2.47. The van der Waals surface area contributed by atoms with Crippen LogP contribution < -0.4 is 14.4 Å². The molecule has 0 bridgehead atoms. The van der Waals surface area contributed by atoms with E-state index in [1.54, 1.807) is 20.2 Å². The molecule has 45 heavy (non-hydrogen) atoms. The lowest BCUT2D eigenvalue weighted by Gasteiger charge is -2.39. The van der Waals surface area contributed by atoms with E-state index in [1.165, 1.54) is 23.5 Å². The van der Waals surface area contributed by atoms with Gasteiger partial charge >= 0.3 is 0 Å². The average molecular weight is 637 g/mol. The fourth-order valence-corrected chi connectivity index (χ4v) is 5.26. The van der Waals surface area contributed by atoms with Gasteiger partial charge in [0.2, 0.25) is 0 Å². The Kier molecular flexibility index (Phi) is 10.7. The molecular weight excluding hydrogens is 604 g/mol. The van der Waals surface area contributed by atoms with Crippen molar-refractivity contribution in [2.75, 3.05) is 44.8 Å². The van der Waals surface area contributed by atoms with Crippen molar-refractivity contribution in [1.29, 1.82) is 0 Å². The summed E-state index contributed by atoms with van der Waals surface area (Å²) in [6, 6.07) is 5.59. The van der Waals surface area contributed by atoms with Crippen LogP contribution in [0, 0.1) is 18.6 Å². The molecule has 236 valence electrons. The minimum atomic E-state index is -1.49. The van der Waals surface area contributed by atoms with Gasteiger partial charge in [0.15, 0.2) is 41.0 Å². The van der Waals surface area contributed by atoms with Gasteiger partial charge in [-0.15, -0.1) is 9.97 Å². The van der Waals surface area contributed by atoms with E-state index in [0.717, 1.165) is 5.56 Å². The summed E-state index contributed by atoms with van der Waals surface area (Å²) in [6.45, 7) is 18.2. The van der Waals surface area contributed by atoms with E-state index in [4.69, 9.17) is 34.2 Å². The molecule has 2 fully saturated rings. The number of carbonyl (C=O) groups excluding carboxylic acids is 1. The standard InChI is InChI=1S/C25H31N5O6.C5H2ClN3/c1-15(32)25(2)14-30(24(34)19(33)13-31)12-18(25)16-5-6-20(35-4)21(7-16)36-17-10-29(11-17)23-9-27-22(26-3)8-28-23;1-7-5-3-8-4(6)2-9-5/h5-9,15,17-19,31-33H,10-14H2,1-2,4H3;2-3H/t15-,18+,19+,25+;/m1./s1. The van der Waals surface area contributed by atoms with E-state index >= 15 is 0 Å². The Morgan fingerprint density at radius 2 is 1.73 bits per heavy atom. The van der Waals surface area contributed by atoms with Crippen LogP contribution in [-0.4, -0.2) is 104 Å². The lowest BCUT2D eigenvalue weighted by atomic mass is 9.72. The number of hydrogen-bond acceptors (Lipinski definition) is 11. The fraction of sp³-hybridized carbons (Fsp3) is 0.433. The summed E-state index contributed by atoms with van der Waals surface area (Å²) < 4.78 is 11.8. The number of hydrogen-bond donors (Lipinski definition) is 3. The second kappa shape index (κ2) is 14.5.